The predicted molar refractivity (Wildman–Crippen MR) is 75.9 cm³/mol. The van der Waals surface area contributed by atoms with Crippen LogP contribution in [0.3, 0.4) is 0 Å². The molecule has 0 fully saturated rings. The average Bonchev–Trinajstić information content (AvgIpc) is 2.88. The molecule has 0 aliphatic rings. The highest BCUT2D eigenvalue weighted by Crippen LogP contribution is 2.24. The van der Waals surface area contributed by atoms with Crippen molar-refractivity contribution in [1.82, 2.24) is 4.98 Å². The lowest BCUT2D eigenvalue weighted by Gasteiger charge is -2.25. The number of aliphatic hydroxyl groups excluding tert-OH is 1. The fraction of sp³-hybridized carbons (Fsp3) is 0.357. The van der Waals surface area contributed by atoms with Gasteiger partial charge in [-0.05, 0) is 31.4 Å². The minimum absolute atomic E-state index is 0.0313. The zero-order chi connectivity index (χ0) is 13.0. The van der Waals surface area contributed by atoms with Crippen LogP contribution in [0.2, 0.25) is 0 Å². The van der Waals surface area contributed by atoms with E-state index in [1.54, 1.807) is 17.5 Å². The fourth-order valence-electron chi connectivity index (χ4n) is 1.95. The van der Waals surface area contributed by atoms with Crippen LogP contribution in [0.5, 0.6) is 0 Å². The molecule has 96 valence electrons. The highest BCUT2D eigenvalue weighted by atomic mass is 32.1. The molecule has 4 heteroatoms. The normalized spacial score (nSPS) is 10.6. The molecule has 0 atom stereocenters. The Morgan fingerprint density at radius 2 is 2.28 bits per heavy atom. The van der Waals surface area contributed by atoms with Gasteiger partial charge in [0.2, 0.25) is 0 Å². The van der Waals surface area contributed by atoms with Gasteiger partial charge in [-0.15, -0.1) is 11.3 Å². The summed E-state index contributed by atoms with van der Waals surface area (Å²) in [5.41, 5.74) is 2.95. The minimum atomic E-state index is 0.0313. The summed E-state index contributed by atoms with van der Waals surface area (Å²) < 4.78 is 0. The molecule has 2 heterocycles. The van der Waals surface area contributed by atoms with E-state index in [1.807, 2.05) is 13.0 Å². The van der Waals surface area contributed by atoms with Gasteiger partial charge >= 0.3 is 0 Å². The van der Waals surface area contributed by atoms with E-state index >= 15 is 0 Å². The number of aliphatic hydroxyl groups is 1. The maximum Gasteiger partial charge on any atom is 0.0717 e. The zero-order valence-electron chi connectivity index (χ0n) is 10.8. The number of hydrogen-bond acceptors (Lipinski definition) is 4. The standard InChI is InChI=1S/C14H18N2OS/c1-3-16(9-13-5-4-6-18-13)14-7-11(2)15-8-12(14)10-17/h4-8,17H,3,9-10H2,1-2H3. The third-order valence-electron chi connectivity index (χ3n) is 2.92. The van der Waals surface area contributed by atoms with Crippen molar-refractivity contribution in [3.8, 4) is 0 Å². The maximum atomic E-state index is 9.42. The van der Waals surface area contributed by atoms with Crippen molar-refractivity contribution in [3.05, 3.63) is 45.9 Å². The Morgan fingerprint density at radius 1 is 1.44 bits per heavy atom. The second-order valence-corrected chi connectivity index (χ2v) is 5.24. The summed E-state index contributed by atoms with van der Waals surface area (Å²) in [5, 5.41) is 11.5. The summed E-state index contributed by atoms with van der Waals surface area (Å²) in [4.78, 5) is 7.84. The molecule has 0 saturated carbocycles. The average molecular weight is 262 g/mol. The molecule has 0 bridgehead atoms. The van der Waals surface area contributed by atoms with Gasteiger partial charge in [0.25, 0.3) is 0 Å². The Balaban J connectivity index is 2.28. The molecule has 0 spiro atoms. The number of aromatic nitrogens is 1. The van der Waals surface area contributed by atoms with Gasteiger partial charge in [0.05, 0.1) is 13.2 Å². The number of nitrogens with zero attached hydrogens (tertiary/aromatic N) is 2. The molecule has 0 saturated heterocycles. The monoisotopic (exact) mass is 262 g/mol. The Labute approximate surface area is 112 Å². The van der Waals surface area contributed by atoms with Gasteiger partial charge in [0, 0.05) is 34.6 Å². The van der Waals surface area contributed by atoms with Crippen molar-refractivity contribution in [1.29, 1.82) is 0 Å². The molecule has 1 N–H and O–H groups in total. The lowest BCUT2D eigenvalue weighted by Crippen LogP contribution is -2.23. The van der Waals surface area contributed by atoms with E-state index in [1.165, 1.54) is 4.88 Å². The van der Waals surface area contributed by atoms with Crippen LogP contribution in [0.25, 0.3) is 0 Å². The fourth-order valence-corrected chi connectivity index (χ4v) is 2.67. The summed E-state index contributed by atoms with van der Waals surface area (Å²) in [5.74, 6) is 0. The van der Waals surface area contributed by atoms with Gasteiger partial charge in [0.1, 0.15) is 0 Å². The SMILES string of the molecule is CCN(Cc1cccs1)c1cc(C)ncc1CO. The lowest BCUT2D eigenvalue weighted by molar-refractivity contribution is 0.281. The van der Waals surface area contributed by atoms with Crippen molar-refractivity contribution in [3.63, 3.8) is 0 Å². The van der Waals surface area contributed by atoms with Gasteiger partial charge in [-0.3, -0.25) is 4.98 Å². The van der Waals surface area contributed by atoms with Crippen LogP contribution in [0.1, 0.15) is 23.1 Å². The molecule has 2 rings (SSSR count). The number of thiophene rings is 1. The van der Waals surface area contributed by atoms with E-state index in [-0.39, 0.29) is 6.61 Å². The number of aryl methyl sites for hydroxylation is 1. The Hall–Kier alpha value is -1.39. The minimum Gasteiger partial charge on any atom is -0.392 e. The molecule has 0 amide bonds. The summed E-state index contributed by atoms with van der Waals surface area (Å²) in [6.07, 6.45) is 1.77. The van der Waals surface area contributed by atoms with Gasteiger partial charge < -0.3 is 10.0 Å². The number of pyridine rings is 1. The molecular weight excluding hydrogens is 244 g/mol. The van der Waals surface area contributed by atoms with Crippen LogP contribution in [0.15, 0.2) is 29.8 Å². The van der Waals surface area contributed by atoms with Gasteiger partial charge in [-0.25, -0.2) is 0 Å². The second-order valence-electron chi connectivity index (χ2n) is 4.21. The first-order chi connectivity index (χ1) is 8.74. The molecular formula is C14H18N2OS. The third-order valence-corrected chi connectivity index (χ3v) is 3.78. The first-order valence-electron chi connectivity index (χ1n) is 6.08. The zero-order valence-corrected chi connectivity index (χ0v) is 11.6. The predicted octanol–water partition coefficient (Wildman–Crippen LogP) is 2.97. The van der Waals surface area contributed by atoms with Crippen LogP contribution in [-0.2, 0) is 13.2 Å². The van der Waals surface area contributed by atoms with Crippen molar-refractivity contribution in [2.24, 2.45) is 0 Å². The highest BCUT2D eigenvalue weighted by Gasteiger charge is 2.11. The summed E-state index contributed by atoms with van der Waals surface area (Å²) in [7, 11) is 0. The van der Waals surface area contributed by atoms with Crippen LogP contribution < -0.4 is 4.90 Å². The summed E-state index contributed by atoms with van der Waals surface area (Å²) in [6, 6.07) is 6.25. The van der Waals surface area contributed by atoms with E-state index in [0.29, 0.717) is 0 Å². The molecule has 2 aromatic heterocycles. The Kier molecular flexibility index (Phi) is 4.33. The molecule has 0 radical (unpaired) electrons. The summed E-state index contributed by atoms with van der Waals surface area (Å²) in [6.45, 7) is 5.93. The molecule has 3 nitrogen and oxygen atoms in total. The Bertz CT molecular complexity index is 497. The van der Waals surface area contributed by atoms with Crippen molar-refractivity contribution >= 4 is 17.0 Å². The molecule has 2 aromatic rings. The molecule has 0 aromatic carbocycles. The highest BCUT2D eigenvalue weighted by molar-refractivity contribution is 7.09. The number of rotatable bonds is 5. The third kappa shape index (κ3) is 2.89. The van der Waals surface area contributed by atoms with E-state index in [9.17, 15) is 5.11 Å². The summed E-state index contributed by atoms with van der Waals surface area (Å²) >= 11 is 1.76. The maximum absolute atomic E-state index is 9.42. The number of hydrogen-bond donors (Lipinski definition) is 1. The van der Waals surface area contributed by atoms with Crippen LogP contribution in [-0.4, -0.2) is 16.6 Å². The van der Waals surface area contributed by atoms with Gasteiger partial charge in [0.15, 0.2) is 0 Å². The van der Waals surface area contributed by atoms with E-state index < -0.39 is 0 Å². The first kappa shape index (κ1) is 13.1. The van der Waals surface area contributed by atoms with Crippen molar-refractivity contribution < 1.29 is 5.11 Å². The van der Waals surface area contributed by atoms with E-state index in [2.05, 4.69) is 34.3 Å². The van der Waals surface area contributed by atoms with E-state index in [4.69, 9.17) is 0 Å². The largest absolute Gasteiger partial charge is 0.392 e. The molecule has 0 aliphatic heterocycles. The smallest absolute Gasteiger partial charge is 0.0717 e. The quantitative estimate of drug-likeness (QED) is 0.900. The van der Waals surface area contributed by atoms with Crippen LogP contribution >= 0.6 is 11.3 Å². The van der Waals surface area contributed by atoms with Gasteiger partial charge in [-0.2, -0.15) is 0 Å². The topological polar surface area (TPSA) is 36.4 Å². The van der Waals surface area contributed by atoms with Crippen molar-refractivity contribution in [2.45, 2.75) is 27.0 Å². The second kappa shape index (κ2) is 5.98. The van der Waals surface area contributed by atoms with Crippen molar-refractivity contribution in [2.75, 3.05) is 11.4 Å². The van der Waals surface area contributed by atoms with Gasteiger partial charge in [-0.1, -0.05) is 6.07 Å². The molecule has 0 aliphatic carbocycles. The van der Waals surface area contributed by atoms with Crippen LogP contribution in [0, 0.1) is 6.92 Å². The molecule has 0 unspecified atom stereocenters. The molecule has 18 heavy (non-hydrogen) atoms. The van der Waals surface area contributed by atoms with E-state index in [0.717, 1.165) is 30.0 Å². The van der Waals surface area contributed by atoms with Crippen LogP contribution in [0.4, 0.5) is 5.69 Å². The first-order valence-corrected chi connectivity index (χ1v) is 6.96. The Morgan fingerprint density at radius 3 is 2.89 bits per heavy atom. The lowest BCUT2D eigenvalue weighted by atomic mass is 10.2. The number of anilines is 1.